The third-order valence-electron chi connectivity index (χ3n) is 4.60. The number of hydrogen-bond acceptors (Lipinski definition) is 3. The van der Waals surface area contributed by atoms with Crippen LogP contribution in [-0.2, 0) is 0 Å². The third-order valence-corrected chi connectivity index (χ3v) is 4.60. The van der Waals surface area contributed by atoms with Crippen LogP contribution in [0.4, 0.5) is 4.39 Å². The van der Waals surface area contributed by atoms with E-state index < -0.39 is 0 Å². The summed E-state index contributed by atoms with van der Waals surface area (Å²) in [6, 6.07) is 4.31. The van der Waals surface area contributed by atoms with Gasteiger partial charge in [-0.05, 0) is 37.1 Å². The summed E-state index contributed by atoms with van der Waals surface area (Å²) in [6.07, 6.45) is 0. The van der Waals surface area contributed by atoms with Gasteiger partial charge >= 0.3 is 0 Å². The molecule has 110 valence electrons. The summed E-state index contributed by atoms with van der Waals surface area (Å²) in [4.78, 5) is 23.9. The Kier molecular flexibility index (Phi) is 2.75. The second kappa shape index (κ2) is 4.53. The second-order valence-corrected chi connectivity index (χ2v) is 6.20. The van der Waals surface area contributed by atoms with Gasteiger partial charge in [-0.1, -0.05) is 0 Å². The van der Waals surface area contributed by atoms with E-state index in [0.29, 0.717) is 28.7 Å². The first-order chi connectivity index (χ1) is 10.1. The molecule has 2 atom stereocenters. The van der Waals surface area contributed by atoms with E-state index in [1.807, 2.05) is 4.90 Å². The number of likely N-dealkylation sites (tertiary alicyclic amines) is 2. The van der Waals surface area contributed by atoms with Crippen LogP contribution in [0.3, 0.4) is 0 Å². The number of rotatable bonds is 1. The van der Waals surface area contributed by atoms with Crippen molar-refractivity contribution in [1.82, 2.24) is 19.8 Å². The van der Waals surface area contributed by atoms with Crippen LogP contribution in [0, 0.1) is 17.7 Å². The number of fused-ring (bicyclic) bond motifs is 2. The zero-order valence-electron chi connectivity index (χ0n) is 11.8. The lowest BCUT2D eigenvalue weighted by atomic mass is 10.0. The Bertz CT molecular complexity index is 699. The van der Waals surface area contributed by atoms with Crippen molar-refractivity contribution >= 4 is 16.9 Å². The summed E-state index contributed by atoms with van der Waals surface area (Å²) in [5.41, 5.74) is 1.19. The van der Waals surface area contributed by atoms with Gasteiger partial charge in [0.25, 0.3) is 5.91 Å². The van der Waals surface area contributed by atoms with Crippen LogP contribution in [0.2, 0.25) is 0 Å². The van der Waals surface area contributed by atoms with Gasteiger partial charge in [0.05, 0.1) is 11.0 Å². The Balaban J connectivity index is 1.57. The summed E-state index contributed by atoms with van der Waals surface area (Å²) in [6.45, 7) is 3.69. The van der Waals surface area contributed by atoms with Crippen LogP contribution < -0.4 is 0 Å². The lowest BCUT2D eigenvalue weighted by Crippen LogP contribution is -2.32. The fraction of sp³-hybridized carbons (Fsp3) is 0.467. The monoisotopic (exact) mass is 288 g/mol. The molecule has 2 saturated heterocycles. The average molecular weight is 288 g/mol. The molecule has 0 bridgehead atoms. The second-order valence-electron chi connectivity index (χ2n) is 6.20. The molecule has 2 fully saturated rings. The number of H-pyrrole nitrogens is 1. The minimum atomic E-state index is -0.330. The number of amides is 1. The lowest BCUT2D eigenvalue weighted by Gasteiger charge is -2.18. The summed E-state index contributed by atoms with van der Waals surface area (Å²) in [5.74, 6) is 1.04. The zero-order valence-corrected chi connectivity index (χ0v) is 11.8. The highest BCUT2D eigenvalue weighted by atomic mass is 19.1. The molecular weight excluding hydrogens is 271 g/mol. The van der Waals surface area contributed by atoms with E-state index >= 15 is 0 Å². The molecule has 0 spiro atoms. The van der Waals surface area contributed by atoms with Crippen LogP contribution in [0.25, 0.3) is 11.0 Å². The maximum absolute atomic E-state index is 13.2. The fourth-order valence-electron chi connectivity index (χ4n) is 3.63. The van der Waals surface area contributed by atoms with Crippen molar-refractivity contribution in [2.45, 2.75) is 0 Å². The van der Waals surface area contributed by atoms with E-state index in [-0.39, 0.29) is 11.7 Å². The first kappa shape index (κ1) is 12.8. The van der Waals surface area contributed by atoms with Gasteiger partial charge in [0.2, 0.25) is 0 Å². The van der Waals surface area contributed by atoms with Crippen LogP contribution in [0.5, 0.6) is 0 Å². The molecule has 21 heavy (non-hydrogen) atoms. The molecule has 5 nitrogen and oxygen atoms in total. The van der Waals surface area contributed by atoms with Crippen molar-refractivity contribution in [2.24, 2.45) is 11.8 Å². The summed E-state index contributed by atoms with van der Waals surface area (Å²) in [5, 5.41) is 0. The number of halogens is 1. The van der Waals surface area contributed by atoms with E-state index in [4.69, 9.17) is 0 Å². The maximum atomic E-state index is 13.2. The number of carbonyl (C=O) groups excluding carboxylic acids is 1. The van der Waals surface area contributed by atoms with Crippen molar-refractivity contribution in [3.05, 3.63) is 29.8 Å². The van der Waals surface area contributed by atoms with E-state index in [1.165, 1.54) is 12.1 Å². The Labute approximate surface area is 121 Å². The number of carbonyl (C=O) groups is 1. The molecule has 6 heteroatoms. The molecule has 2 aliphatic heterocycles. The van der Waals surface area contributed by atoms with Gasteiger partial charge in [0.1, 0.15) is 5.82 Å². The minimum absolute atomic E-state index is 0.0799. The quantitative estimate of drug-likeness (QED) is 0.861. The highest BCUT2D eigenvalue weighted by Crippen LogP contribution is 2.30. The normalized spacial score (nSPS) is 25.7. The summed E-state index contributed by atoms with van der Waals surface area (Å²) >= 11 is 0. The number of aromatic nitrogens is 2. The predicted molar refractivity (Wildman–Crippen MR) is 76.4 cm³/mol. The van der Waals surface area contributed by atoms with Crippen molar-refractivity contribution in [2.75, 3.05) is 33.2 Å². The van der Waals surface area contributed by atoms with E-state index in [0.717, 1.165) is 26.2 Å². The van der Waals surface area contributed by atoms with E-state index in [9.17, 15) is 9.18 Å². The number of imidazole rings is 1. The summed E-state index contributed by atoms with van der Waals surface area (Å²) < 4.78 is 13.2. The Morgan fingerprint density at radius 2 is 2.00 bits per heavy atom. The molecule has 1 N–H and O–H groups in total. The highest BCUT2D eigenvalue weighted by molar-refractivity contribution is 5.94. The molecule has 0 radical (unpaired) electrons. The Hall–Kier alpha value is -1.95. The van der Waals surface area contributed by atoms with Gasteiger partial charge < -0.3 is 14.8 Å². The topological polar surface area (TPSA) is 52.2 Å². The van der Waals surface area contributed by atoms with Crippen LogP contribution in [0.15, 0.2) is 18.2 Å². The minimum Gasteiger partial charge on any atom is -0.335 e. The molecule has 1 aromatic heterocycles. The number of nitrogens with zero attached hydrogens (tertiary/aromatic N) is 3. The molecular formula is C15H17FN4O. The SMILES string of the molecule is CN1C[C@@H]2CN(C(=O)c3nc4ccc(F)cc4[nH]3)C[C@@H]2C1. The Morgan fingerprint density at radius 1 is 1.29 bits per heavy atom. The maximum Gasteiger partial charge on any atom is 0.289 e. The summed E-state index contributed by atoms with van der Waals surface area (Å²) in [7, 11) is 2.12. The largest absolute Gasteiger partial charge is 0.335 e. The zero-order chi connectivity index (χ0) is 14.6. The number of benzene rings is 1. The van der Waals surface area contributed by atoms with Gasteiger partial charge in [-0.15, -0.1) is 0 Å². The molecule has 4 rings (SSSR count). The molecule has 0 unspecified atom stereocenters. The van der Waals surface area contributed by atoms with Gasteiger partial charge in [0, 0.05) is 26.2 Å². The van der Waals surface area contributed by atoms with Gasteiger partial charge in [-0.25, -0.2) is 9.37 Å². The van der Waals surface area contributed by atoms with Crippen LogP contribution >= 0.6 is 0 Å². The van der Waals surface area contributed by atoms with Gasteiger partial charge in [0.15, 0.2) is 5.82 Å². The Morgan fingerprint density at radius 3 is 2.71 bits per heavy atom. The first-order valence-corrected chi connectivity index (χ1v) is 7.23. The van der Waals surface area contributed by atoms with Crippen molar-refractivity contribution in [3.63, 3.8) is 0 Å². The van der Waals surface area contributed by atoms with Crippen molar-refractivity contribution in [3.8, 4) is 0 Å². The molecule has 3 heterocycles. The third kappa shape index (κ3) is 2.10. The number of hydrogen-bond donors (Lipinski definition) is 1. The van der Waals surface area contributed by atoms with Gasteiger partial charge in [-0.3, -0.25) is 4.79 Å². The molecule has 0 saturated carbocycles. The molecule has 2 aromatic rings. The molecule has 1 aromatic carbocycles. The number of aromatic amines is 1. The average Bonchev–Trinajstić information content (AvgIpc) is 3.08. The van der Waals surface area contributed by atoms with E-state index in [2.05, 4.69) is 21.9 Å². The van der Waals surface area contributed by atoms with Gasteiger partial charge in [-0.2, -0.15) is 0 Å². The highest BCUT2D eigenvalue weighted by Gasteiger charge is 2.41. The molecule has 2 aliphatic rings. The fourth-order valence-corrected chi connectivity index (χ4v) is 3.63. The van der Waals surface area contributed by atoms with Crippen LogP contribution in [0.1, 0.15) is 10.6 Å². The first-order valence-electron chi connectivity index (χ1n) is 7.23. The predicted octanol–water partition coefficient (Wildman–Crippen LogP) is 1.34. The molecule has 0 aliphatic carbocycles. The van der Waals surface area contributed by atoms with Crippen molar-refractivity contribution < 1.29 is 9.18 Å². The lowest BCUT2D eigenvalue weighted by molar-refractivity contribution is 0.0765. The smallest absolute Gasteiger partial charge is 0.289 e. The van der Waals surface area contributed by atoms with E-state index in [1.54, 1.807) is 6.07 Å². The standard InChI is InChI=1S/C15H17FN4O/c1-19-5-9-7-20(8-10(9)6-19)15(21)14-17-12-3-2-11(16)4-13(12)18-14/h2-4,9-10H,5-8H2,1H3,(H,17,18)/t9-,10+. The molecule has 1 amide bonds. The number of nitrogens with one attached hydrogen (secondary N) is 1. The van der Waals surface area contributed by atoms with Crippen LogP contribution in [-0.4, -0.2) is 58.9 Å². The van der Waals surface area contributed by atoms with Crippen molar-refractivity contribution in [1.29, 1.82) is 0 Å².